The van der Waals surface area contributed by atoms with E-state index in [1.165, 1.54) is 30.3 Å². The van der Waals surface area contributed by atoms with E-state index in [0.29, 0.717) is 0 Å². The summed E-state index contributed by atoms with van der Waals surface area (Å²) in [5.41, 5.74) is 0.516. The molecule has 5 nitrogen and oxygen atoms in total. The van der Waals surface area contributed by atoms with Crippen LogP contribution in [0.3, 0.4) is 0 Å². The molecule has 25 heavy (non-hydrogen) atoms. The molecule has 0 saturated heterocycles. The summed E-state index contributed by atoms with van der Waals surface area (Å²) in [6, 6.07) is 10.8. The Morgan fingerprint density at radius 2 is 1.72 bits per heavy atom. The molecule has 0 aliphatic carbocycles. The van der Waals surface area contributed by atoms with Crippen LogP contribution in [0.2, 0.25) is 0 Å². The highest BCUT2D eigenvalue weighted by molar-refractivity contribution is 7.92. The first kappa shape index (κ1) is 18.9. The van der Waals surface area contributed by atoms with Gasteiger partial charge in [0.15, 0.2) is 0 Å². The Labute approximate surface area is 147 Å². The lowest BCUT2D eigenvalue weighted by atomic mass is 10.1. The van der Waals surface area contributed by atoms with Gasteiger partial charge in [-0.1, -0.05) is 19.9 Å². The van der Waals surface area contributed by atoms with Crippen LogP contribution in [0.4, 0.5) is 10.1 Å². The van der Waals surface area contributed by atoms with Gasteiger partial charge in [-0.2, -0.15) is 0 Å². The minimum Gasteiger partial charge on any atom is -0.349 e. The average molecular weight is 364 g/mol. The number of hydrogen-bond donors (Lipinski definition) is 2. The largest absolute Gasteiger partial charge is 0.349 e. The Hall–Kier alpha value is -2.41. The van der Waals surface area contributed by atoms with E-state index < -0.39 is 15.8 Å². The third-order valence-electron chi connectivity index (χ3n) is 3.82. The minimum absolute atomic E-state index is 0.0333. The molecule has 0 saturated carbocycles. The third kappa shape index (κ3) is 5.03. The Balaban J connectivity index is 2.21. The van der Waals surface area contributed by atoms with E-state index in [-0.39, 0.29) is 28.1 Å². The van der Waals surface area contributed by atoms with Gasteiger partial charge in [0.25, 0.3) is 15.9 Å². The van der Waals surface area contributed by atoms with Crippen molar-refractivity contribution in [1.82, 2.24) is 5.32 Å². The van der Waals surface area contributed by atoms with Crippen molar-refractivity contribution in [3.63, 3.8) is 0 Å². The second kappa shape index (κ2) is 8.11. The Morgan fingerprint density at radius 1 is 1.08 bits per heavy atom. The van der Waals surface area contributed by atoms with Crippen molar-refractivity contribution in [3.05, 3.63) is 59.9 Å². The topological polar surface area (TPSA) is 75.3 Å². The minimum atomic E-state index is -3.87. The molecule has 2 aromatic carbocycles. The van der Waals surface area contributed by atoms with Crippen molar-refractivity contribution in [1.29, 1.82) is 0 Å². The molecular weight excluding hydrogens is 343 g/mol. The molecule has 0 spiro atoms. The summed E-state index contributed by atoms with van der Waals surface area (Å²) in [6.07, 6.45) is 1.60. The van der Waals surface area contributed by atoms with Gasteiger partial charge in [-0.3, -0.25) is 9.52 Å². The lowest BCUT2D eigenvalue weighted by Gasteiger charge is -2.15. The number of sulfonamides is 1. The number of anilines is 1. The highest BCUT2D eigenvalue weighted by atomic mass is 32.2. The van der Waals surface area contributed by atoms with Crippen molar-refractivity contribution in [2.75, 3.05) is 4.72 Å². The summed E-state index contributed by atoms with van der Waals surface area (Å²) in [4.78, 5) is 12.2. The number of hydrogen-bond acceptors (Lipinski definition) is 3. The van der Waals surface area contributed by atoms with Crippen molar-refractivity contribution in [3.8, 4) is 0 Å². The van der Waals surface area contributed by atoms with Gasteiger partial charge in [0, 0.05) is 17.3 Å². The van der Waals surface area contributed by atoms with E-state index in [1.54, 1.807) is 6.07 Å². The maximum absolute atomic E-state index is 12.9. The monoisotopic (exact) mass is 364 g/mol. The average Bonchev–Trinajstić information content (AvgIpc) is 2.61. The number of amides is 1. The van der Waals surface area contributed by atoms with E-state index in [0.717, 1.165) is 25.0 Å². The molecule has 0 heterocycles. The number of nitrogens with one attached hydrogen (secondary N) is 2. The van der Waals surface area contributed by atoms with Crippen molar-refractivity contribution in [2.24, 2.45) is 0 Å². The second-order valence-corrected chi connectivity index (χ2v) is 7.31. The highest BCUT2D eigenvalue weighted by Crippen LogP contribution is 2.18. The fourth-order valence-electron chi connectivity index (χ4n) is 2.30. The van der Waals surface area contributed by atoms with Crippen LogP contribution in [-0.4, -0.2) is 20.4 Å². The first-order valence-corrected chi connectivity index (χ1v) is 9.53. The predicted octanol–water partition coefficient (Wildman–Crippen LogP) is 3.54. The summed E-state index contributed by atoms with van der Waals surface area (Å²) in [6.45, 7) is 3.95. The Kier molecular flexibility index (Phi) is 6.14. The summed E-state index contributed by atoms with van der Waals surface area (Å²) in [5, 5.41) is 2.87. The zero-order valence-corrected chi connectivity index (χ0v) is 14.9. The van der Waals surface area contributed by atoms with Crippen molar-refractivity contribution >= 4 is 21.6 Å². The quantitative estimate of drug-likeness (QED) is 0.789. The van der Waals surface area contributed by atoms with Gasteiger partial charge in [-0.05, 0) is 55.3 Å². The zero-order valence-electron chi connectivity index (χ0n) is 14.1. The summed E-state index contributed by atoms with van der Waals surface area (Å²) >= 11 is 0. The van der Waals surface area contributed by atoms with Crippen molar-refractivity contribution < 1.29 is 17.6 Å². The number of carbonyl (C=O) groups is 1. The zero-order chi connectivity index (χ0) is 18.4. The van der Waals surface area contributed by atoms with Crippen LogP contribution in [0.25, 0.3) is 0 Å². The molecule has 0 radical (unpaired) electrons. The first-order valence-electron chi connectivity index (χ1n) is 8.05. The molecule has 0 fully saturated rings. The number of halogens is 1. The van der Waals surface area contributed by atoms with Crippen LogP contribution < -0.4 is 10.0 Å². The summed E-state index contributed by atoms with van der Waals surface area (Å²) in [7, 11) is -3.87. The standard InChI is InChI=1S/C18H21FN2O3S/c1-3-15(4-2)20-18(22)13-6-5-7-17(12-13)25(23,24)21-16-10-8-14(19)9-11-16/h5-12,15,21H,3-4H2,1-2H3,(H,20,22). The fourth-order valence-corrected chi connectivity index (χ4v) is 3.40. The van der Waals surface area contributed by atoms with Gasteiger partial charge in [0.2, 0.25) is 0 Å². The number of rotatable bonds is 7. The molecule has 2 N–H and O–H groups in total. The van der Waals surface area contributed by atoms with Gasteiger partial charge < -0.3 is 5.32 Å². The molecule has 134 valence electrons. The summed E-state index contributed by atoms with van der Waals surface area (Å²) in [5.74, 6) is -0.768. The van der Waals surface area contributed by atoms with Crippen LogP contribution in [-0.2, 0) is 10.0 Å². The fraction of sp³-hybridized carbons (Fsp3) is 0.278. The number of carbonyl (C=O) groups excluding carboxylic acids is 1. The lowest BCUT2D eigenvalue weighted by molar-refractivity contribution is 0.0934. The van der Waals surface area contributed by atoms with E-state index in [4.69, 9.17) is 0 Å². The molecule has 2 aromatic rings. The first-order chi connectivity index (χ1) is 11.9. The van der Waals surface area contributed by atoms with Crippen LogP contribution in [0, 0.1) is 5.82 Å². The van der Waals surface area contributed by atoms with Gasteiger partial charge in [-0.15, -0.1) is 0 Å². The Morgan fingerprint density at radius 3 is 2.32 bits per heavy atom. The lowest BCUT2D eigenvalue weighted by Crippen LogP contribution is -2.33. The van der Waals surface area contributed by atoms with Gasteiger partial charge in [-0.25, -0.2) is 12.8 Å². The van der Waals surface area contributed by atoms with Gasteiger partial charge >= 0.3 is 0 Å². The molecule has 0 aliphatic heterocycles. The number of benzene rings is 2. The molecule has 0 unspecified atom stereocenters. The Bertz CT molecular complexity index is 832. The molecule has 1 amide bonds. The highest BCUT2D eigenvalue weighted by Gasteiger charge is 2.17. The smallest absolute Gasteiger partial charge is 0.261 e. The normalized spacial score (nSPS) is 11.4. The molecule has 7 heteroatoms. The van der Waals surface area contributed by atoms with Gasteiger partial charge in [0.05, 0.1) is 4.90 Å². The molecular formula is C18H21FN2O3S. The predicted molar refractivity (Wildman–Crippen MR) is 95.5 cm³/mol. The molecule has 0 bridgehead atoms. The SMILES string of the molecule is CCC(CC)NC(=O)c1cccc(S(=O)(=O)Nc2ccc(F)cc2)c1. The molecule has 2 rings (SSSR count). The third-order valence-corrected chi connectivity index (χ3v) is 5.20. The molecule has 0 aromatic heterocycles. The maximum Gasteiger partial charge on any atom is 0.261 e. The van der Waals surface area contributed by atoms with Crippen LogP contribution in [0.5, 0.6) is 0 Å². The van der Waals surface area contributed by atoms with Crippen LogP contribution in [0.1, 0.15) is 37.0 Å². The van der Waals surface area contributed by atoms with E-state index in [2.05, 4.69) is 10.0 Å². The molecule has 0 atom stereocenters. The van der Waals surface area contributed by atoms with E-state index in [1.807, 2.05) is 13.8 Å². The van der Waals surface area contributed by atoms with Gasteiger partial charge in [0.1, 0.15) is 5.82 Å². The van der Waals surface area contributed by atoms with E-state index in [9.17, 15) is 17.6 Å². The van der Waals surface area contributed by atoms with Crippen molar-refractivity contribution in [2.45, 2.75) is 37.6 Å². The molecule has 0 aliphatic rings. The maximum atomic E-state index is 12.9. The van der Waals surface area contributed by atoms with Crippen LogP contribution >= 0.6 is 0 Å². The van der Waals surface area contributed by atoms with Crippen LogP contribution in [0.15, 0.2) is 53.4 Å². The van der Waals surface area contributed by atoms with E-state index >= 15 is 0 Å². The summed E-state index contributed by atoms with van der Waals surface area (Å²) < 4.78 is 40.2. The second-order valence-electron chi connectivity index (χ2n) is 5.63.